The zero-order valence-electron chi connectivity index (χ0n) is 19.0. The molecule has 5 unspecified atom stereocenters. The highest BCUT2D eigenvalue weighted by molar-refractivity contribution is 5.95. The first-order valence-corrected chi connectivity index (χ1v) is 11.7. The van der Waals surface area contributed by atoms with Gasteiger partial charge >= 0.3 is 0 Å². The minimum Gasteiger partial charge on any atom is -0.363 e. The number of ketones is 1. The average molecular weight is 413 g/mol. The maximum Gasteiger partial charge on any atom is 0.159 e. The second-order valence-electron chi connectivity index (χ2n) is 11.1. The average Bonchev–Trinajstić information content (AvgIpc) is 3.25. The maximum atomic E-state index is 13.0. The van der Waals surface area contributed by atoms with Crippen LogP contribution in [0.4, 0.5) is 0 Å². The Kier molecular flexibility index (Phi) is 4.92. The van der Waals surface area contributed by atoms with E-state index < -0.39 is 0 Å². The van der Waals surface area contributed by atoms with Crippen LogP contribution in [0, 0.1) is 28.6 Å². The van der Waals surface area contributed by atoms with E-state index in [1.807, 2.05) is 6.08 Å². The number of hydrogen-bond acceptors (Lipinski definition) is 4. The quantitative estimate of drug-likeness (QED) is 0.655. The Morgan fingerprint density at radius 2 is 1.97 bits per heavy atom. The van der Waals surface area contributed by atoms with Crippen LogP contribution in [-0.4, -0.2) is 37.5 Å². The summed E-state index contributed by atoms with van der Waals surface area (Å²) in [4.78, 5) is 13.0. The van der Waals surface area contributed by atoms with Crippen LogP contribution in [0.3, 0.4) is 0 Å². The molecule has 30 heavy (non-hydrogen) atoms. The van der Waals surface area contributed by atoms with Crippen LogP contribution in [0.25, 0.3) is 0 Å². The van der Waals surface area contributed by atoms with Crippen molar-refractivity contribution >= 4 is 5.78 Å². The lowest BCUT2D eigenvalue weighted by atomic mass is 9.48. The zero-order chi connectivity index (χ0) is 21.3. The highest BCUT2D eigenvalue weighted by atomic mass is 16.7. The van der Waals surface area contributed by atoms with Crippen molar-refractivity contribution in [1.29, 1.82) is 0 Å². The lowest BCUT2D eigenvalue weighted by Crippen LogP contribution is -2.52. The van der Waals surface area contributed by atoms with E-state index in [9.17, 15) is 4.79 Å². The predicted octanol–water partition coefficient (Wildman–Crippen LogP) is 5.00. The number of rotatable bonds is 3. The van der Waals surface area contributed by atoms with Gasteiger partial charge in [0.1, 0.15) is 6.10 Å². The summed E-state index contributed by atoms with van der Waals surface area (Å²) in [6, 6.07) is 0. The fraction of sp³-hybridized carbons (Fsp3) is 0.731. The molecule has 0 radical (unpaired) electrons. The largest absolute Gasteiger partial charge is 0.363 e. The van der Waals surface area contributed by atoms with Gasteiger partial charge in [0.15, 0.2) is 12.1 Å². The van der Waals surface area contributed by atoms with E-state index >= 15 is 0 Å². The zero-order valence-corrected chi connectivity index (χ0v) is 19.0. The summed E-state index contributed by atoms with van der Waals surface area (Å²) in [7, 11) is 1.72. The molecule has 4 nitrogen and oxygen atoms in total. The monoisotopic (exact) mass is 412 g/mol. The normalized spacial score (nSPS) is 47.1. The Morgan fingerprint density at radius 3 is 2.73 bits per heavy atom. The van der Waals surface area contributed by atoms with Crippen LogP contribution in [0.5, 0.6) is 0 Å². The molecule has 0 amide bonds. The van der Waals surface area contributed by atoms with Crippen molar-refractivity contribution in [3.63, 3.8) is 0 Å². The molecule has 2 bridgehead atoms. The van der Waals surface area contributed by atoms with Crippen LogP contribution >= 0.6 is 0 Å². The first-order valence-electron chi connectivity index (χ1n) is 11.7. The van der Waals surface area contributed by atoms with Crippen LogP contribution in [0.15, 0.2) is 35.5 Å². The van der Waals surface area contributed by atoms with Gasteiger partial charge in [-0.05, 0) is 61.2 Å². The highest BCUT2D eigenvalue weighted by Gasteiger charge is 2.55. The van der Waals surface area contributed by atoms with Crippen molar-refractivity contribution in [2.45, 2.75) is 84.4 Å². The topological polar surface area (TPSA) is 44.8 Å². The lowest BCUT2D eigenvalue weighted by Gasteiger charge is -2.55. The van der Waals surface area contributed by atoms with E-state index in [0.717, 1.165) is 25.7 Å². The third-order valence-corrected chi connectivity index (χ3v) is 8.75. The fourth-order valence-corrected chi connectivity index (χ4v) is 7.55. The predicted molar refractivity (Wildman–Crippen MR) is 116 cm³/mol. The molecule has 0 aromatic carbocycles. The summed E-state index contributed by atoms with van der Waals surface area (Å²) < 4.78 is 17.8. The number of fused-ring (bicyclic) bond motifs is 6. The summed E-state index contributed by atoms with van der Waals surface area (Å²) in [6.07, 6.45) is 14.5. The maximum absolute atomic E-state index is 13.0. The summed E-state index contributed by atoms with van der Waals surface area (Å²) in [6.45, 7) is 9.05. The Hall–Kier alpha value is -1.23. The standard InChI is InChI=1S/C26H36O4/c1-15-13-19(27)24-25(2,3)11-6-12-26(24,4)18(15)9-7-16-14-20-23-17(22(16)29-20)8-10-21(28-5)30-23/h7,9,13-14,17-18,20-24H,6,8,10-12H2,1-5H3/b9-7+/t17?,18-,20?,21?,22?,23?,24-,26+/m0/s1. The number of methoxy groups -OCH3 is 1. The number of ether oxygens (including phenoxy) is 3. The van der Waals surface area contributed by atoms with E-state index in [-0.39, 0.29) is 41.3 Å². The molecule has 2 saturated heterocycles. The van der Waals surface area contributed by atoms with Crippen LogP contribution in [0.1, 0.15) is 59.8 Å². The summed E-state index contributed by atoms with van der Waals surface area (Å²) in [5, 5.41) is 0. The van der Waals surface area contributed by atoms with E-state index in [4.69, 9.17) is 14.2 Å². The van der Waals surface area contributed by atoms with Gasteiger partial charge in [-0.1, -0.05) is 44.9 Å². The Morgan fingerprint density at radius 1 is 1.17 bits per heavy atom. The first kappa shape index (κ1) is 20.7. The molecular formula is C26H36O4. The number of hydrogen-bond donors (Lipinski definition) is 0. The van der Waals surface area contributed by atoms with E-state index in [0.29, 0.717) is 17.6 Å². The van der Waals surface area contributed by atoms with Crippen molar-refractivity contribution in [1.82, 2.24) is 0 Å². The third kappa shape index (κ3) is 3.02. The Balaban J connectivity index is 1.40. The van der Waals surface area contributed by atoms with Gasteiger partial charge in [0, 0.05) is 24.9 Å². The van der Waals surface area contributed by atoms with Crippen LogP contribution in [0.2, 0.25) is 0 Å². The van der Waals surface area contributed by atoms with Crippen molar-refractivity contribution in [2.75, 3.05) is 7.11 Å². The summed E-state index contributed by atoms with van der Waals surface area (Å²) in [5.74, 6) is 1.16. The van der Waals surface area contributed by atoms with Gasteiger partial charge in [-0.15, -0.1) is 0 Å². The van der Waals surface area contributed by atoms with Gasteiger partial charge in [-0.2, -0.15) is 0 Å². The number of carbonyl (C=O) groups is 1. The van der Waals surface area contributed by atoms with Gasteiger partial charge in [0.25, 0.3) is 0 Å². The second kappa shape index (κ2) is 7.15. The molecule has 0 aromatic rings. The van der Waals surface area contributed by atoms with Gasteiger partial charge in [0.05, 0.1) is 12.2 Å². The van der Waals surface area contributed by atoms with Crippen LogP contribution in [-0.2, 0) is 19.0 Å². The molecule has 0 aromatic heterocycles. The van der Waals surface area contributed by atoms with Crippen molar-refractivity contribution < 1.29 is 19.0 Å². The first-order chi connectivity index (χ1) is 14.2. The SMILES string of the molecule is COC1CCC2C3OC(C=C3/C=C/[C@H]3C(C)=CC(=O)[C@H]4C(C)(C)CCC[C@]34C)C2O1. The van der Waals surface area contributed by atoms with E-state index in [1.165, 1.54) is 17.6 Å². The highest BCUT2D eigenvalue weighted by Crippen LogP contribution is 2.59. The molecule has 2 aliphatic carbocycles. The second-order valence-corrected chi connectivity index (χ2v) is 11.1. The molecule has 0 N–H and O–H groups in total. The fourth-order valence-electron chi connectivity index (χ4n) is 7.55. The molecule has 164 valence electrons. The molecule has 1 saturated carbocycles. The van der Waals surface area contributed by atoms with Gasteiger partial charge in [-0.25, -0.2) is 0 Å². The number of carbonyl (C=O) groups excluding carboxylic acids is 1. The van der Waals surface area contributed by atoms with Crippen LogP contribution < -0.4 is 0 Å². The molecule has 5 aliphatic rings. The van der Waals surface area contributed by atoms with Crippen molar-refractivity contribution in [2.24, 2.45) is 28.6 Å². The van der Waals surface area contributed by atoms with Crippen molar-refractivity contribution in [3.05, 3.63) is 35.5 Å². The van der Waals surface area contributed by atoms with Crippen molar-refractivity contribution in [3.8, 4) is 0 Å². The smallest absolute Gasteiger partial charge is 0.159 e. The van der Waals surface area contributed by atoms with Gasteiger partial charge in [0.2, 0.25) is 0 Å². The Bertz CT molecular complexity index is 821. The van der Waals surface area contributed by atoms with E-state index in [2.05, 4.69) is 45.9 Å². The summed E-state index contributed by atoms with van der Waals surface area (Å²) >= 11 is 0. The van der Waals surface area contributed by atoms with Gasteiger partial charge < -0.3 is 14.2 Å². The molecule has 8 atom stereocenters. The third-order valence-electron chi connectivity index (χ3n) is 8.75. The lowest BCUT2D eigenvalue weighted by molar-refractivity contribution is -0.195. The molecular weight excluding hydrogens is 376 g/mol. The molecule has 3 aliphatic heterocycles. The molecule has 4 heteroatoms. The molecule has 5 rings (SSSR count). The Labute approximate surface area is 180 Å². The van der Waals surface area contributed by atoms with E-state index in [1.54, 1.807) is 7.11 Å². The minimum atomic E-state index is -0.0966. The minimum absolute atomic E-state index is 0.00459. The van der Waals surface area contributed by atoms with Gasteiger partial charge in [-0.3, -0.25) is 4.79 Å². The molecule has 3 heterocycles. The summed E-state index contributed by atoms with van der Waals surface area (Å²) in [5.41, 5.74) is 2.56. The molecule has 0 spiro atoms. The molecule has 3 fully saturated rings. The number of allylic oxidation sites excluding steroid dienone is 3.